The molecule has 36 heteroatoms. The molecule has 1 rings (SSSR count). The maximum absolute atomic E-state index is 12.0. The Morgan fingerprint density at radius 2 is 0.333 bits per heavy atom. The van der Waals surface area contributed by atoms with Crippen molar-refractivity contribution in [3.8, 4) is 0 Å². The maximum atomic E-state index is 12.0. The van der Waals surface area contributed by atoms with Crippen molar-refractivity contribution in [1.29, 1.82) is 0 Å². The third kappa shape index (κ3) is 12.7. The first kappa shape index (κ1) is 45.1. The zero-order chi connectivity index (χ0) is 38.3. The van der Waals surface area contributed by atoms with Crippen LogP contribution in [0.4, 0.5) is 0 Å². The first-order valence-electron chi connectivity index (χ1n) is 11.6. The van der Waals surface area contributed by atoms with Gasteiger partial charge in [-0.15, -0.1) is 0 Å². The van der Waals surface area contributed by atoms with Gasteiger partial charge in [-0.1, -0.05) is 0 Å². The maximum Gasteiger partial charge on any atom is 0.298 e. The van der Waals surface area contributed by atoms with Crippen molar-refractivity contribution in [3.05, 3.63) is 0 Å². The van der Waals surface area contributed by atoms with Gasteiger partial charge in [-0.2, -0.15) is 67.3 Å². The van der Waals surface area contributed by atoms with Crippen molar-refractivity contribution >= 4 is 80.9 Å². The minimum absolute atomic E-state index is 0.126. The Bertz CT molecular complexity index is 1630. The van der Waals surface area contributed by atoms with E-state index >= 15 is 0 Å². The number of nitrogens with zero attached hydrogens (tertiary/aromatic N) is 4. The average Bonchev–Trinajstić information content (AvgIpc) is 2.72. The fraction of sp³-hybridized carbons (Fsp3) is 1.00. The van der Waals surface area contributed by atoms with Gasteiger partial charge in [0.2, 0.25) is 0 Å². The lowest BCUT2D eigenvalue weighted by atomic mass is 10.3. The van der Waals surface area contributed by atoms with E-state index in [1.807, 2.05) is 0 Å². The van der Waals surface area contributed by atoms with E-state index in [9.17, 15) is 104 Å². The highest BCUT2D eigenvalue weighted by Crippen LogP contribution is 2.22. The summed E-state index contributed by atoms with van der Waals surface area (Å²) in [7, 11) is -48.4. The lowest BCUT2D eigenvalue weighted by molar-refractivity contribution is 0.135. The van der Waals surface area contributed by atoms with E-state index in [2.05, 4.69) is 0 Å². The Morgan fingerprint density at radius 1 is 0.250 bits per heavy atom. The van der Waals surface area contributed by atoms with Crippen LogP contribution in [0.5, 0.6) is 0 Å². The van der Waals surface area contributed by atoms with Gasteiger partial charge in [-0.05, 0) is 0 Å². The monoisotopic (exact) mass is 868 g/mol. The van der Waals surface area contributed by atoms with Gasteiger partial charge < -0.3 is 0 Å². The average molecular weight is 869 g/mol. The molecule has 0 aromatic heterocycles. The molecule has 1 fully saturated rings. The van der Waals surface area contributed by atoms with Gasteiger partial charge in [0.15, 0.2) is 0 Å². The molecule has 0 aromatic rings. The molecule has 0 radical (unpaired) electrons. The summed E-state index contributed by atoms with van der Waals surface area (Å²) in [5.74, 6) is 0. The highest BCUT2D eigenvalue weighted by atomic mass is 32.3. The number of hydrogen-bond acceptors (Lipinski definition) is 20. The molecule has 0 atom stereocenters. The molecule has 1 heterocycles. The molecule has 1 aliphatic rings. The predicted molar refractivity (Wildman–Crippen MR) is 154 cm³/mol. The Labute approximate surface area is 274 Å². The van der Waals surface area contributed by atoms with Crippen LogP contribution < -0.4 is 0 Å². The molecular formula is C12H28N4O24S8. The molecule has 0 amide bonds. The fourth-order valence-corrected chi connectivity index (χ4v) is 14.1. The Balaban J connectivity index is 4.19. The second-order valence-corrected chi connectivity index (χ2v) is 22.5. The highest BCUT2D eigenvalue weighted by molar-refractivity contribution is 8.05. The van der Waals surface area contributed by atoms with E-state index in [1.54, 1.807) is 0 Å². The van der Waals surface area contributed by atoms with Crippen LogP contribution >= 0.6 is 0 Å². The summed E-state index contributed by atoms with van der Waals surface area (Å²) in [6, 6.07) is 0. The smallest absolute Gasteiger partial charge is 0.283 e. The minimum Gasteiger partial charge on any atom is -0.283 e. The first-order chi connectivity index (χ1) is 20.9. The third-order valence-corrected chi connectivity index (χ3v) is 18.2. The normalized spacial score (nSPS) is 19.9. The van der Waals surface area contributed by atoms with Crippen molar-refractivity contribution in [2.24, 2.45) is 0 Å². The van der Waals surface area contributed by atoms with Gasteiger partial charge in [-0.3, -0.25) is 56.0 Å². The topological polar surface area (TPSA) is 448 Å². The van der Waals surface area contributed by atoms with Crippen LogP contribution in [0.1, 0.15) is 0 Å². The lowest BCUT2D eigenvalue weighted by Gasteiger charge is -2.38. The van der Waals surface area contributed by atoms with Crippen LogP contribution in [0.25, 0.3) is 0 Å². The zero-order valence-corrected chi connectivity index (χ0v) is 29.7. The molecule has 1 saturated heterocycles. The molecule has 48 heavy (non-hydrogen) atoms. The minimum atomic E-state index is -6.05. The van der Waals surface area contributed by atoms with Crippen molar-refractivity contribution in [1.82, 2.24) is 19.6 Å². The molecule has 0 unspecified atom stereocenters. The summed E-state index contributed by atoms with van der Waals surface area (Å²) in [6.45, 7) is -11.9. The highest BCUT2D eigenvalue weighted by Gasteiger charge is 2.48. The molecule has 0 spiro atoms. The Kier molecular flexibility index (Phi) is 14.1. The first-order valence-corrected chi connectivity index (χ1v) is 23.6. The second-order valence-electron chi connectivity index (χ2n) is 9.49. The standard InChI is InChI=1S/C12H28N4O24S8/c17-41(18,19)9(42(20,21)22)13-1-2-14(10(43(23,24)25)44(26,27)28)5-6-16(12(47(35,36)37)48(38,39)40)8-7-15(4-3-13)11(45(29,30)31)46(32,33)34/h9-12H,1-8H2,(H,17,18,19)(H,20,21,22)(H,23,24,25)(H,26,27,28)(H,29,30,31)(H,32,33,34)(H,35,36,37)(H,38,39,40). The van der Waals surface area contributed by atoms with Gasteiger partial charge in [0.25, 0.3) is 99.8 Å². The van der Waals surface area contributed by atoms with Gasteiger partial charge >= 0.3 is 0 Å². The van der Waals surface area contributed by atoms with E-state index in [0.717, 1.165) is 0 Å². The van der Waals surface area contributed by atoms with Crippen LogP contribution in [0, 0.1) is 0 Å². The summed E-state index contributed by atoms with van der Waals surface area (Å²) in [5, 5.41) is 0. The molecule has 0 aromatic carbocycles. The lowest BCUT2D eigenvalue weighted by Crippen LogP contribution is -2.59. The van der Waals surface area contributed by atoms with E-state index in [0.29, 0.717) is 0 Å². The van der Waals surface area contributed by atoms with E-state index in [4.69, 9.17) is 0 Å². The number of rotatable bonds is 12. The Morgan fingerprint density at radius 3 is 0.396 bits per heavy atom. The summed E-state index contributed by atoms with van der Waals surface area (Å²) in [6.07, 6.45) is 0. The third-order valence-electron chi connectivity index (χ3n) is 5.93. The summed E-state index contributed by atoms with van der Waals surface area (Å²) >= 11 is 0. The SMILES string of the molecule is O=S(=O)(O)C(N1CCN(C(S(=O)(=O)O)S(=O)(=O)O)CCN(C(S(=O)(=O)O)S(=O)(=O)O)CCN(C(S(=O)(=O)O)S(=O)(=O)O)CC1)S(=O)(=O)O. The molecular weight excluding hydrogens is 841 g/mol. The van der Waals surface area contributed by atoms with Crippen LogP contribution in [0.3, 0.4) is 0 Å². The van der Waals surface area contributed by atoms with Gasteiger partial charge in [0, 0.05) is 52.4 Å². The molecule has 8 N–H and O–H groups in total. The summed E-state index contributed by atoms with van der Waals surface area (Å²) in [4.78, 5) is -0.503. The van der Waals surface area contributed by atoms with Gasteiger partial charge in [0.05, 0.1) is 0 Å². The summed E-state index contributed by atoms with van der Waals surface area (Å²) in [5.41, 5.74) is 0. The molecule has 288 valence electrons. The predicted octanol–water partition coefficient (Wildman–Crippen LogP) is -6.56. The zero-order valence-electron chi connectivity index (χ0n) is 23.1. The van der Waals surface area contributed by atoms with Crippen molar-refractivity contribution in [2.45, 2.75) is 18.8 Å². The second kappa shape index (κ2) is 15.0. The van der Waals surface area contributed by atoms with Crippen molar-refractivity contribution in [3.63, 3.8) is 0 Å². The van der Waals surface area contributed by atoms with Crippen LogP contribution in [-0.4, -0.2) is 195 Å². The Hall–Kier alpha value is -0.880. The molecule has 0 bridgehead atoms. The molecule has 28 nitrogen and oxygen atoms in total. The van der Waals surface area contributed by atoms with Gasteiger partial charge in [-0.25, -0.2) is 0 Å². The van der Waals surface area contributed by atoms with E-state index in [-0.39, 0.29) is 19.6 Å². The summed E-state index contributed by atoms with van der Waals surface area (Å²) < 4.78 is 253. The largest absolute Gasteiger partial charge is 0.298 e. The molecule has 0 aliphatic carbocycles. The van der Waals surface area contributed by atoms with Crippen LogP contribution in [-0.2, 0) is 80.9 Å². The van der Waals surface area contributed by atoms with Crippen molar-refractivity contribution < 1.29 is 104 Å². The van der Waals surface area contributed by atoms with Crippen LogP contribution in [0.15, 0.2) is 0 Å². The molecule has 0 saturated carbocycles. The van der Waals surface area contributed by atoms with Crippen molar-refractivity contribution in [2.75, 3.05) is 52.4 Å². The fourth-order valence-electron chi connectivity index (χ4n) is 4.44. The quantitative estimate of drug-likeness (QED) is 0.0845. The molecule has 1 aliphatic heterocycles. The van der Waals surface area contributed by atoms with Crippen LogP contribution in [0.2, 0.25) is 0 Å². The van der Waals surface area contributed by atoms with Gasteiger partial charge in [0.1, 0.15) is 0 Å². The number of hydrogen-bond donors (Lipinski definition) is 8. The van der Waals surface area contributed by atoms with E-state index < -0.39 is 152 Å². The van der Waals surface area contributed by atoms with E-state index in [1.165, 1.54) is 0 Å².